The molecule has 150 valence electrons. The van der Waals surface area contributed by atoms with Gasteiger partial charge in [0.25, 0.3) is 0 Å². The summed E-state index contributed by atoms with van der Waals surface area (Å²) in [5.74, 6) is 0.581. The molecule has 1 fully saturated rings. The number of methoxy groups -OCH3 is 1. The quantitative estimate of drug-likeness (QED) is 0.706. The van der Waals surface area contributed by atoms with Gasteiger partial charge in [-0.3, -0.25) is 9.13 Å². The fourth-order valence-corrected chi connectivity index (χ4v) is 4.44. The lowest BCUT2D eigenvalue weighted by atomic mass is 9.93. The van der Waals surface area contributed by atoms with E-state index in [1.807, 2.05) is 16.7 Å². The molecule has 6 nitrogen and oxygen atoms in total. The maximum Gasteiger partial charge on any atom is 0.329 e. The third-order valence-corrected chi connectivity index (χ3v) is 5.98. The highest BCUT2D eigenvalue weighted by Crippen LogP contribution is 2.31. The Morgan fingerprint density at radius 2 is 1.93 bits per heavy atom. The molecule has 1 saturated carbocycles. The second kappa shape index (κ2) is 7.94. The van der Waals surface area contributed by atoms with E-state index in [4.69, 9.17) is 16.3 Å². The van der Waals surface area contributed by atoms with Crippen molar-refractivity contribution in [1.82, 2.24) is 9.13 Å². The Labute approximate surface area is 173 Å². The van der Waals surface area contributed by atoms with Crippen molar-refractivity contribution < 1.29 is 9.84 Å². The average molecular weight is 412 g/mol. The molecule has 0 amide bonds. The molecule has 0 bridgehead atoms. The van der Waals surface area contributed by atoms with E-state index in [-0.39, 0.29) is 17.8 Å². The van der Waals surface area contributed by atoms with Crippen LogP contribution in [-0.4, -0.2) is 27.5 Å². The van der Waals surface area contributed by atoms with E-state index in [9.17, 15) is 15.2 Å². The van der Waals surface area contributed by atoms with Crippen molar-refractivity contribution in [1.29, 1.82) is 5.26 Å². The summed E-state index contributed by atoms with van der Waals surface area (Å²) in [5.41, 5.74) is 2.82. The van der Waals surface area contributed by atoms with Crippen LogP contribution in [0.4, 0.5) is 0 Å². The molecule has 1 aliphatic rings. The molecule has 1 aromatic heterocycles. The number of aliphatic hydroxyl groups excluding tert-OH is 1. The SMILES string of the molecule is COc1ccc(Cn2c(=O)n(C3CCC(O)CC3)c3ccc(C#N)cc32)cc1Cl. The smallest absolute Gasteiger partial charge is 0.329 e. The number of aliphatic hydroxyl groups is 1. The first-order chi connectivity index (χ1) is 14.0. The van der Waals surface area contributed by atoms with Gasteiger partial charge in [-0.25, -0.2) is 4.79 Å². The predicted molar refractivity (Wildman–Crippen MR) is 112 cm³/mol. The summed E-state index contributed by atoms with van der Waals surface area (Å²) in [6.45, 7) is 0.344. The lowest BCUT2D eigenvalue weighted by Gasteiger charge is -2.26. The summed E-state index contributed by atoms with van der Waals surface area (Å²) in [6, 6.07) is 13.0. The molecule has 4 rings (SSSR count). The molecule has 2 aromatic carbocycles. The van der Waals surface area contributed by atoms with Crippen molar-refractivity contribution in [3.05, 3.63) is 63.0 Å². The second-order valence-corrected chi connectivity index (χ2v) is 7.89. The van der Waals surface area contributed by atoms with Crippen molar-refractivity contribution >= 4 is 22.6 Å². The maximum atomic E-state index is 13.4. The average Bonchev–Trinajstić information content (AvgIpc) is 3.00. The molecular weight excluding hydrogens is 390 g/mol. The molecule has 0 unspecified atom stereocenters. The van der Waals surface area contributed by atoms with Gasteiger partial charge in [-0.15, -0.1) is 0 Å². The fourth-order valence-electron chi connectivity index (χ4n) is 4.16. The molecule has 0 aliphatic heterocycles. The van der Waals surface area contributed by atoms with Gasteiger partial charge in [-0.05, 0) is 61.6 Å². The number of imidazole rings is 1. The molecule has 1 heterocycles. The minimum absolute atomic E-state index is 0.0436. The Bertz CT molecular complexity index is 1150. The fraction of sp³-hybridized carbons (Fsp3) is 0.364. The van der Waals surface area contributed by atoms with Crippen molar-refractivity contribution in [2.45, 2.75) is 44.4 Å². The predicted octanol–water partition coefficient (Wildman–Crippen LogP) is 3.86. The third kappa shape index (κ3) is 3.64. The number of nitrogens with zero attached hydrogens (tertiary/aromatic N) is 3. The summed E-state index contributed by atoms with van der Waals surface area (Å²) in [4.78, 5) is 13.4. The zero-order valence-corrected chi connectivity index (χ0v) is 16.9. The van der Waals surface area contributed by atoms with Crippen LogP contribution in [0, 0.1) is 11.3 Å². The van der Waals surface area contributed by atoms with Crippen LogP contribution in [0.3, 0.4) is 0 Å². The molecular formula is C22H22ClN3O3. The van der Waals surface area contributed by atoms with Gasteiger partial charge < -0.3 is 9.84 Å². The molecule has 0 spiro atoms. The first-order valence-corrected chi connectivity index (χ1v) is 10.0. The van der Waals surface area contributed by atoms with Crippen molar-refractivity contribution in [3.8, 4) is 11.8 Å². The molecule has 3 aromatic rings. The van der Waals surface area contributed by atoms with Crippen LogP contribution in [0.25, 0.3) is 11.0 Å². The summed E-state index contributed by atoms with van der Waals surface area (Å²) < 4.78 is 8.73. The van der Waals surface area contributed by atoms with E-state index in [0.29, 0.717) is 35.7 Å². The van der Waals surface area contributed by atoms with Gasteiger partial charge in [0.15, 0.2) is 0 Å². The number of aromatic nitrogens is 2. The Morgan fingerprint density at radius 1 is 1.17 bits per heavy atom. The maximum absolute atomic E-state index is 13.4. The summed E-state index contributed by atoms with van der Waals surface area (Å²) >= 11 is 6.26. The van der Waals surface area contributed by atoms with Gasteiger partial charge in [0.05, 0.1) is 47.4 Å². The van der Waals surface area contributed by atoms with Crippen LogP contribution < -0.4 is 10.4 Å². The number of hydrogen-bond donors (Lipinski definition) is 1. The Hall–Kier alpha value is -2.75. The number of rotatable bonds is 4. The van der Waals surface area contributed by atoms with Gasteiger partial charge >= 0.3 is 5.69 Å². The number of ether oxygens (including phenoxy) is 1. The lowest BCUT2D eigenvalue weighted by molar-refractivity contribution is 0.110. The molecule has 0 radical (unpaired) electrons. The molecule has 0 atom stereocenters. The standard InChI is InChI=1S/C22H22ClN3O3/c1-29-21-9-3-15(10-18(21)23)13-25-20-11-14(12-24)2-8-19(20)26(22(25)28)16-4-6-17(27)7-5-16/h2-3,8-11,16-17,27H,4-7,13H2,1H3. The molecule has 29 heavy (non-hydrogen) atoms. The number of fused-ring (bicyclic) bond motifs is 1. The summed E-state index contributed by atoms with van der Waals surface area (Å²) in [5, 5.41) is 19.7. The topological polar surface area (TPSA) is 80.2 Å². The summed E-state index contributed by atoms with van der Waals surface area (Å²) in [7, 11) is 1.56. The van der Waals surface area contributed by atoms with E-state index >= 15 is 0 Å². The van der Waals surface area contributed by atoms with Gasteiger partial charge in [0, 0.05) is 6.04 Å². The van der Waals surface area contributed by atoms with Crippen LogP contribution >= 0.6 is 11.6 Å². The Kier molecular flexibility index (Phi) is 5.35. The van der Waals surface area contributed by atoms with Crippen LogP contribution in [-0.2, 0) is 6.54 Å². The first-order valence-electron chi connectivity index (χ1n) is 9.67. The first kappa shape index (κ1) is 19.6. The van der Waals surface area contributed by atoms with Crippen LogP contribution in [0.15, 0.2) is 41.2 Å². The zero-order chi connectivity index (χ0) is 20.5. The van der Waals surface area contributed by atoms with Crippen LogP contribution in [0.5, 0.6) is 5.75 Å². The monoisotopic (exact) mass is 411 g/mol. The highest BCUT2D eigenvalue weighted by molar-refractivity contribution is 6.32. The summed E-state index contributed by atoms with van der Waals surface area (Å²) in [6.07, 6.45) is 2.60. The highest BCUT2D eigenvalue weighted by atomic mass is 35.5. The van der Waals surface area contributed by atoms with E-state index in [2.05, 4.69) is 6.07 Å². The minimum Gasteiger partial charge on any atom is -0.495 e. The van der Waals surface area contributed by atoms with Gasteiger partial charge in [-0.1, -0.05) is 17.7 Å². The number of halogens is 1. The molecule has 1 N–H and O–H groups in total. The largest absolute Gasteiger partial charge is 0.495 e. The van der Waals surface area contributed by atoms with Gasteiger partial charge in [-0.2, -0.15) is 5.26 Å². The lowest BCUT2D eigenvalue weighted by Crippen LogP contribution is -2.31. The van der Waals surface area contributed by atoms with Gasteiger partial charge in [0.2, 0.25) is 0 Å². The third-order valence-electron chi connectivity index (χ3n) is 5.68. The molecule has 1 aliphatic carbocycles. The van der Waals surface area contributed by atoms with Crippen LogP contribution in [0.2, 0.25) is 5.02 Å². The number of nitriles is 1. The van der Waals surface area contributed by atoms with E-state index in [1.165, 1.54) is 0 Å². The normalized spacial score (nSPS) is 19.2. The minimum atomic E-state index is -0.290. The Balaban J connectivity index is 1.82. The van der Waals surface area contributed by atoms with Gasteiger partial charge in [0.1, 0.15) is 5.75 Å². The van der Waals surface area contributed by atoms with Crippen LogP contribution in [0.1, 0.15) is 42.9 Å². The highest BCUT2D eigenvalue weighted by Gasteiger charge is 2.25. The van der Waals surface area contributed by atoms with E-state index in [0.717, 1.165) is 29.4 Å². The number of hydrogen-bond acceptors (Lipinski definition) is 4. The Morgan fingerprint density at radius 3 is 2.59 bits per heavy atom. The van der Waals surface area contributed by atoms with Crippen molar-refractivity contribution in [2.24, 2.45) is 0 Å². The van der Waals surface area contributed by atoms with E-state index < -0.39 is 0 Å². The van der Waals surface area contributed by atoms with Crippen molar-refractivity contribution in [3.63, 3.8) is 0 Å². The zero-order valence-electron chi connectivity index (χ0n) is 16.1. The molecule has 7 heteroatoms. The van der Waals surface area contributed by atoms with E-state index in [1.54, 1.807) is 35.9 Å². The molecule has 0 saturated heterocycles. The second-order valence-electron chi connectivity index (χ2n) is 7.49. The number of benzene rings is 2. The van der Waals surface area contributed by atoms with Crippen molar-refractivity contribution in [2.75, 3.05) is 7.11 Å².